The Hall–Kier alpha value is -3.44. The lowest BCUT2D eigenvalue weighted by molar-refractivity contribution is 0.153. The van der Waals surface area contributed by atoms with Crippen LogP contribution in [0.1, 0.15) is 49.5 Å². The Balaban J connectivity index is 1.38. The van der Waals surface area contributed by atoms with E-state index in [2.05, 4.69) is 11.8 Å². The van der Waals surface area contributed by atoms with Crippen LogP contribution >= 0.6 is 0 Å². The average molecular weight is 472 g/mol. The van der Waals surface area contributed by atoms with Crippen LogP contribution < -0.4 is 9.47 Å². The number of ether oxygens (including phenoxy) is 2. The molecule has 2 aliphatic rings. The lowest BCUT2D eigenvalue weighted by Gasteiger charge is -2.31. The van der Waals surface area contributed by atoms with Gasteiger partial charge in [-0.05, 0) is 91.4 Å². The molecule has 3 aromatic rings. The molecule has 5 heteroatoms. The fourth-order valence-electron chi connectivity index (χ4n) is 5.24. The van der Waals surface area contributed by atoms with E-state index < -0.39 is 0 Å². The van der Waals surface area contributed by atoms with Crippen molar-refractivity contribution in [3.63, 3.8) is 0 Å². The molecule has 0 amide bonds. The van der Waals surface area contributed by atoms with Gasteiger partial charge in [0.05, 0.1) is 0 Å². The number of hydrogen-bond acceptors (Lipinski definition) is 5. The Kier molecular flexibility index (Phi) is 6.69. The highest BCUT2D eigenvalue weighted by Gasteiger charge is 2.29. The van der Waals surface area contributed by atoms with E-state index in [0.717, 1.165) is 64.9 Å². The molecule has 0 bridgehead atoms. The maximum atomic E-state index is 10.1. The van der Waals surface area contributed by atoms with Crippen molar-refractivity contribution in [1.82, 2.24) is 4.90 Å². The second kappa shape index (κ2) is 10.0. The highest BCUT2D eigenvalue weighted by atomic mass is 16.5. The molecular weight excluding hydrogens is 438 g/mol. The highest BCUT2D eigenvalue weighted by Crippen LogP contribution is 2.47. The van der Waals surface area contributed by atoms with Crippen LogP contribution in [0.2, 0.25) is 0 Å². The molecule has 35 heavy (non-hydrogen) atoms. The topological polar surface area (TPSA) is 62.2 Å². The minimum Gasteiger partial charge on any atom is -0.508 e. The number of nitrogens with zero attached hydrogens (tertiary/aromatic N) is 1. The molecule has 5 rings (SSSR count). The first-order valence-electron chi connectivity index (χ1n) is 12.4. The minimum absolute atomic E-state index is 0.195. The molecule has 2 atom stereocenters. The van der Waals surface area contributed by atoms with Crippen LogP contribution in [-0.2, 0) is 0 Å². The Morgan fingerprint density at radius 3 is 2.57 bits per heavy atom. The average Bonchev–Trinajstić information content (AvgIpc) is 2.85. The van der Waals surface area contributed by atoms with Gasteiger partial charge in [0.2, 0.25) is 0 Å². The van der Waals surface area contributed by atoms with Crippen LogP contribution in [0.4, 0.5) is 0 Å². The molecule has 0 spiro atoms. The molecule has 182 valence electrons. The zero-order valence-corrected chi connectivity index (χ0v) is 20.4. The van der Waals surface area contributed by atoms with Crippen molar-refractivity contribution in [1.29, 1.82) is 0 Å². The van der Waals surface area contributed by atoms with Crippen molar-refractivity contribution < 1.29 is 19.7 Å². The first kappa shape index (κ1) is 23.3. The summed E-state index contributed by atoms with van der Waals surface area (Å²) in [6.45, 7) is 8.30. The van der Waals surface area contributed by atoms with Crippen LogP contribution in [0.5, 0.6) is 23.0 Å². The van der Waals surface area contributed by atoms with E-state index in [-0.39, 0.29) is 17.6 Å². The second-order valence-corrected chi connectivity index (χ2v) is 9.73. The number of fused-ring (bicyclic) bond motifs is 1. The van der Waals surface area contributed by atoms with Gasteiger partial charge in [-0.1, -0.05) is 31.2 Å². The normalized spacial score (nSPS) is 20.3. The van der Waals surface area contributed by atoms with Gasteiger partial charge in [0, 0.05) is 24.2 Å². The van der Waals surface area contributed by atoms with Crippen LogP contribution in [0.25, 0.3) is 11.1 Å². The molecule has 0 aromatic heterocycles. The Labute approximate surface area is 207 Å². The third-order valence-corrected chi connectivity index (χ3v) is 7.04. The lowest BCUT2D eigenvalue weighted by atomic mass is 9.86. The first-order valence-corrected chi connectivity index (χ1v) is 12.4. The highest BCUT2D eigenvalue weighted by molar-refractivity contribution is 5.95. The van der Waals surface area contributed by atoms with E-state index >= 15 is 0 Å². The van der Waals surface area contributed by atoms with Crippen molar-refractivity contribution in [3.8, 4) is 23.0 Å². The third kappa shape index (κ3) is 5.15. The Bertz CT molecular complexity index is 1220. The van der Waals surface area contributed by atoms with E-state index in [0.29, 0.717) is 6.61 Å². The molecule has 3 aromatic carbocycles. The number of phenols is 2. The van der Waals surface area contributed by atoms with Crippen LogP contribution in [-0.4, -0.2) is 41.4 Å². The molecule has 1 saturated heterocycles. The number of rotatable bonds is 6. The Morgan fingerprint density at radius 1 is 1.00 bits per heavy atom. The molecule has 0 radical (unpaired) electrons. The maximum absolute atomic E-state index is 10.1. The van der Waals surface area contributed by atoms with Crippen molar-refractivity contribution in [2.45, 2.75) is 32.8 Å². The van der Waals surface area contributed by atoms with E-state index in [1.807, 2.05) is 43.3 Å². The molecule has 2 N–H and O–H groups in total. The van der Waals surface area contributed by atoms with Gasteiger partial charge < -0.3 is 19.7 Å². The van der Waals surface area contributed by atoms with Crippen molar-refractivity contribution in [2.24, 2.45) is 5.92 Å². The summed E-state index contributed by atoms with van der Waals surface area (Å²) in [6.07, 6.45) is 2.25. The monoisotopic (exact) mass is 471 g/mol. The second-order valence-electron chi connectivity index (χ2n) is 9.73. The van der Waals surface area contributed by atoms with Gasteiger partial charge in [-0.15, -0.1) is 0 Å². The SMILES string of the molecule is CC1=C(c2cccc(O)c2)C(c2ccc(OCCN3CCCC(C)C3)cc2)Oc2ccc(O)cc21. The van der Waals surface area contributed by atoms with Crippen molar-refractivity contribution in [3.05, 3.63) is 83.4 Å². The summed E-state index contributed by atoms with van der Waals surface area (Å²) in [5, 5.41) is 20.2. The van der Waals surface area contributed by atoms with Gasteiger partial charge >= 0.3 is 0 Å². The van der Waals surface area contributed by atoms with Crippen molar-refractivity contribution >= 4 is 11.1 Å². The fourth-order valence-corrected chi connectivity index (χ4v) is 5.24. The number of phenolic OH excluding ortho intramolecular Hbond substituents is 2. The summed E-state index contributed by atoms with van der Waals surface area (Å²) in [4.78, 5) is 2.49. The Morgan fingerprint density at radius 2 is 1.80 bits per heavy atom. The smallest absolute Gasteiger partial charge is 0.150 e. The third-order valence-electron chi connectivity index (χ3n) is 7.04. The lowest BCUT2D eigenvalue weighted by Crippen LogP contribution is -2.37. The molecule has 2 unspecified atom stereocenters. The maximum Gasteiger partial charge on any atom is 0.150 e. The van der Waals surface area contributed by atoms with Crippen LogP contribution in [0.3, 0.4) is 0 Å². The first-order chi connectivity index (χ1) is 17.0. The van der Waals surface area contributed by atoms with Gasteiger partial charge in [0.15, 0.2) is 0 Å². The quantitative estimate of drug-likeness (QED) is 0.443. The van der Waals surface area contributed by atoms with Crippen LogP contribution in [0, 0.1) is 5.92 Å². The summed E-state index contributed by atoms with van der Waals surface area (Å²) >= 11 is 0. The summed E-state index contributed by atoms with van der Waals surface area (Å²) < 4.78 is 12.5. The van der Waals surface area contributed by atoms with Gasteiger partial charge in [-0.3, -0.25) is 4.90 Å². The standard InChI is InChI=1S/C30H33NO4/c1-20-5-4-14-31(19-20)15-16-34-26-11-8-22(9-12-26)30-29(23-6-3-7-24(32)17-23)21(2)27-18-25(33)10-13-28(27)35-30/h3,6-13,17-18,20,30,32-33H,4-5,14-16,19H2,1-2H3. The number of piperidine rings is 1. The van der Waals surface area contributed by atoms with E-state index in [9.17, 15) is 10.2 Å². The number of hydrogen-bond donors (Lipinski definition) is 2. The molecule has 1 fully saturated rings. The molecule has 5 nitrogen and oxygen atoms in total. The van der Waals surface area contributed by atoms with Gasteiger partial charge in [-0.2, -0.15) is 0 Å². The zero-order chi connectivity index (χ0) is 24.4. The van der Waals surface area contributed by atoms with Gasteiger partial charge in [0.25, 0.3) is 0 Å². The molecular formula is C30H33NO4. The molecule has 2 heterocycles. The summed E-state index contributed by atoms with van der Waals surface area (Å²) in [7, 11) is 0. The number of benzene rings is 3. The van der Waals surface area contributed by atoms with E-state index in [1.54, 1.807) is 30.3 Å². The predicted octanol–water partition coefficient (Wildman–Crippen LogP) is 6.27. The fraction of sp³-hybridized carbons (Fsp3) is 0.333. The van der Waals surface area contributed by atoms with Crippen molar-refractivity contribution in [2.75, 3.05) is 26.2 Å². The minimum atomic E-state index is -0.349. The summed E-state index contributed by atoms with van der Waals surface area (Å²) in [6, 6.07) is 20.5. The molecule has 0 saturated carbocycles. The molecule has 2 aliphatic heterocycles. The van der Waals surface area contributed by atoms with Gasteiger partial charge in [-0.25, -0.2) is 0 Å². The van der Waals surface area contributed by atoms with E-state index in [4.69, 9.17) is 9.47 Å². The zero-order valence-electron chi connectivity index (χ0n) is 20.4. The molecule has 0 aliphatic carbocycles. The predicted molar refractivity (Wildman–Crippen MR) is 139 cm³/mol. The summed E-state index contributed by atoms with van der Waals surface area (Å²) in [5.41, 5.74) is 4.71. The van der Waals surface area contributed by atoms with Gasteiger partial charge in [0.1, 0.15) is 35.7 Å². The van der Waals surface area contributed by atoms with E-state index in [1.165, 1.54) is 12.8 Å². The number of likely N-dealkylation sites (tertiary alicyclic amines) is 1. The van der Waals surface area contributed by atoms with Crippen LogP contribution in [0.15, 0.2) is 66.7 Å². The largest absolute Gasteiger partial charge is 0.508 e. The number of allylic oxidation sites excluding steroid dienone is 1. The number of aromatic hydroxyl groups is 2. The summed E-state index contributed by atoms with van der Waals surface area (Å²) in [5.74, 6) is 2.74.